The van der Waals surface area contributed by atoms with Crippen LogP contribution in [0.5, 0.6) is 11.5 Å². The molecule has 0 aliphatic carbocycles. The summed E-state index contributed by atoms with van der Waals surface area (Å²) in [5, 5.41) is 8.99. The van der Waals surface area contributed by atoms with Crippen LogP contribution in [0.25, 0.3) is 0 Å². The van der Waals surface area contributed by atoms with Crippen molar-refractivity contribution in [3.05, 3.63) is 24.3 Å². The standard InChI is InChI=1S/C17H25NO6/c1-13(17(21)23-3)11-18(9-6-10-19)16(20)12-24-15-8-5-4-7-14(15)22-2/h4-5,7-8,13,19H,6,9-12H2,1-3H3. The lowest BCUT2D eigenvalue weighted by Gasteiger charge is -2.25. The molecule has 134 valence electrons. The lowest BCUT2D eigenvalue weighted by Crippen LogP contribution is -2.40. The van der Waals surface area contributed by atoms with Gasteiger partial charge in [0.05, 0.1) is 20.1 Å². The second-order valence-electron chi connectivity index (χ2n) is 5.28. The molecule has 24 heavy (non-hydrogen) atoms. The Hall–Kier alpha value is -2.28. The Morgan fingerprint density at radius 1 is 1.21 bits per heavy atom. The van der Waals surface area contributed by atoms with E-state index in [2.05, 4.69) is 4.74 Å². The van der Waals surface area contributed by atoms with Crippen LogP contribution < -0.4 is 9.47 Å². The fourth-order valence-electron chi connectivity index (χ4n) is 2.15. The van der Waals surface area contributed by atoms with Crippen molar-refractivity contribution < 1.29 is 28.9 Å². The third-order valence-electron chi connectivity index (χ3n) is 3.46. The van der Waals surface area contributed by atoms with E-state index in [9.17, 15) is 9.59 Å². The zero-order chi connectivity index (χ0) is 17.9. The number of carbonyl (C=O) groups is 2. The maximum absolute atomic E-state index is 12.4. The maximum Gasteiger partial charge on any atom is 0.310 e. The third-order valence-corrected chi connectivity index (χ3v) is 3.46. The number of ether oxygens (including phenoxy) is 3. The van der Waals surface area contributed by atoms with E-state index in [1.165, 1.54) is 19.1 Å². The highest BCUT2D eigenvalue weighted by Crippen LogP contribution is 2.25. The number of aliphatic hydroxyl groups excluding tert-OH is 1. The SMILES string of the molecule is COC(=O)C(C)CN(CCCO)C(=O)COc1ccccc1OC. The molecular formula is C17H25NO6. The molecule has 1 atom stereocenters. The summed E-state index contributed by atoms with van der Waals surface area (Å²) < 4.78 is 15.4. The van der Waals surface area contributed by atoms with Crippen LogP contribution in [-0.4, -0.2) is 62.4 Å². The number of hydrogen-bond donors (Lipinski definition) is 1. The van der Waals surface area contributed by atoms with Crippen LogP contribution in [0.15, 0.2) is 24.3 Å². The van der Waals surface area contributed by atoms with Gasteiger partial charge in [-0.1, -0.05) is 19.1 Å². The molecule has 0 saturated heterocycles. The molecule has 0 radical (unpaired) electrons. The highest BCUT2D eigenvalue weighted by atomic mass is 16.5. The average molecular weight is 339 g/mol. The number of esters is 1. The minimum Gasteiger partial charge on any atom is -0.493 e. The van der Waals surface area contributed by atoms with Gasteiger partial charge >= 0.3 is 5.97 Å². The average Bonchev–Trinajstić information content (AvgIpc) is 2.62. The molecule has 0 heterocycles. The molecule has 1 unspecified atom stereocenters. The molecule has 0 saturated carbocycles. The van der Waals surface area contributed by atoms with Gasteiger partial charge in [-0.15, -0.1) is 0 Å². The lowest BCUT2D eigenvalue weighted by molar-refractivity contribution is -0.146. The zero-order valence-corrected chi connectivity index (χ0v) is 14.4. The van der Waals surface area contributed by atoms with Crippen LogP contribution in [0, 0.1) is 5.92 Å². The van der Waals surface area contributed by atoms with Gasteiger partial charge in [0.1, 0.15) is 0 Å². The van der Waals surface area contributed by atoms with E-state index in [-0.39, 0.29) is 31.6 Å². The maximum atomic E-state index is 12.4. The molecule has 0 aliphatic rings. The summed E-state index contributed by atoms with van der Waals surface area (Å²) in [5.74, 6) is -0.108. The van der Waals surface area contributed by atoms with Gasteiger partial charge in [-0.3, -0.25) is 9.59 Å². The van der Waals surface area contributed by atoms with Crippen LogP contribution in [-0.2, 0) is 14.3 Å². The van der Waals surface area contributed by atoms with Gasteiger partial charge in [0.2, 0.25) is 0 Å². The predicted octanol–water partition coefficient (Wildman–Crippen LogP) is 1.09. The van der Waals surface area contributed by atoms with E-state index in [4.69, 9.17) is 14.6 Å². The van der Waals surface area contributed by atoms with Gasteiger partial charge < -0.3 is 24.2 Å². The van der Waals surface area contributed by atoms with E-state index >= 15 is 0 Å². The highest BCUT2D eigenvalue weighted by molar-refractivity contribution is 5.79. The number of hydrogen-bond acceptors (Lipinski definition) is 6. The molecular weight excluding hydrogens is 314 g/mol. The van der Waals surface area contributed by atoms with E-state index in [1.54, 1.807) is 31.2 Å². The fraction of sp³-hybridized carbons (Fsp3) is 0.529. The molecule has 1 amide bonds. The second kappa shape index (κ2) is 10.5. The van der Waals surface area contributed by atoms with Crippen molar-refractivity contribution in [2.75, 3.05) is 40.5 Å². The first kappa shape index (κ1) is 19.8. The van der Waals surface area contributed by atoms with Gasteiger partial charge in [-0.25, -0.2) is 0 Å². The van der Waals surface area contributed by atoms with Crippen molar-refractivity contribution in [3.8, 4) is 11.5 Å². The number of benzene rings is 1. The Kier molecular flexibility index (Phi) is 8.64. The van der Waals surface area contributed by atoms with Crippen molar-refractivity contribution in [1.82, 2.24) is 4.90 Å². The van der Waals surface area contributed by atoms with Crippen molar-refractivity contribution >= 4 is 11.9 Å². The summed E-state index contributed by atoms with van der Waals surface area (Å²) in [6.07, 6.45) is 0.425. The minimum atomic E-state index is -0.455. The van der Waals surface area contributed by atoms with Gasteiger partial charge in [0.15, 0.2) is 18.1 Å². The Labute approximate surface area is 142 Å². The van der Waals surface area contributed by atoms with E-state index in [0.717, 1.165) is 0 Å². The molecule has 0 spiro atoms. The van der Waals surface area contributed by atoms with Crippen LogP contribution in [0.3, 0.4) is 0 Å². The van der Waals surface area contributed by atoms with Gasteiger partial charge in [0, 0.05) is 19.7 Å². The number of para-hydroxylation sites is 2. The van der Waals surface area contributed by atoms with E-state index in [0.29, 0.717) is 24.5 Å². The number of carbonyl (C=O) groups excluding carboxylic acids is 2. The van der Waals surface area contributed by atoms with Crippen molar-refractivity contribution in [3.63, 3.8) is 0 Å². The summed E-state index contributed by atoms with van der Waals surface area (Å²) in [6, 6.07) is 7.04. The topological polar surface area (TPSA) is 85.3 Å². The normalized spacial score (nSPS) is 11.5. The van der Waals surface area contributed by atoms with Crippen LogP contribution in [0.2, 0.25) is 0 Å². The molecule has 7 nitrogen and oxygen atoms in total. The number of methoxy groups -OCH3 is 2. The number of nitrogens with zero attached hydrogens (tertiary/aromatic N) is 1. The summed E-state index contributed by atoms with van der Waals surface area (Å²) in [5.41, 5.74) is 0. The quantitative estimate of drug-likeness (QED) is 0.643. The van der Waals surface area contributed by atoms with E-state index < -0.39 is 5.92 Å². The van der Waals surface area contributed by atoms with Crippen LogP contribution >= 0.6 is 0 Å². The second-order valence-corrected chi connectivity index (χ2v) is 5.28. The smallest absolute Gasteiger partial charge is 0.310 e. The first-order valence-corrected chi connectivity index (χ1v) is 7.75. The predicted molar refractivity (Wildman–Crippen MR) is 88.0 cm³/mol. The van der Waals surface area contributed by atoms with Gasteiger partial charge in [-0.2, -0.15) is 0 Å². The molecule has 0 aliphatic heterocycles. The monoisotopic (exact) mass is 339 g/mol. The molecule has 0 bridgehead atoms. The third kappa shape index (κ3) is 6.08. The van der Waals surface area contributed by atoms with E-state index in [1.807, 2.05) is 0 Å². The van der Waals surface area contributed by atoms with Gasteiger partial charge in [-0.05, 0) is 18.6 Å². The van der Waals surface area contributed by atoms with Crippen LogP contribution in [0.4, 0.5) is 0 Å². The molecule has 0 fully saturated rings. The van der Waals surface area contributed by atoms with Crippen molar-refractivity contribution in [2.45, 2.75) is 13.3 Å². The lowest BCUT2D eigenvalue weighted by atomic mass is 10.1. The number of rotatable bonds is 10. The Morgan fingerprint density at radius 3 is 2.46 bits per heavy atom. The summed E-state index contributed by atoms with van der Waals surface area (Å²) in [4.78, 5) is 25.4. The minimum absolute atomic E-state index is 0.0379. The number of aliphatic hydroxyl groups is 1. The largest absolute Gasteiger partial charge is 0.493 e. The van der Waals surface area contributed by atoms with Gasteiger partial charge in [0.25, 0.3) is 5.91 Å². The fourth-order valence-corrected chi connectivity index (χ4v) is 2.15. The summed E-state index contributed by atoms with van der Waals surface area (Å²) in [7, 11) is 2.83. The van der Waals surface area contributed by atoms with Crippen molar-refractivity contribution in [1.29, 1.82) is 0 Å². The molecule has 1 rings (SSSR count). The number of amides is 1. The first-order valence-electron chi connectivity index (χ1n) is 7.75. The van der Waals surface area contributed by atoms with Crippen LogP contribution in [0.1, 0.15) is 13.3 Å². The Morgan fingerprint density at radius 2 is 1.88 bits per heavy atom. The molecule has 1 aromatic rings. The summed E-state index contributed by atoms with van der Waals surface area (Å²) in [6.45, 7) is 2.02. The first-order chi connectivity index (χ1) is 11.5. The Balaban J connectivity index is 2.68. The van der Waals surface area contributed by atoms with Crippen molar-refractivity contribution in [2.24, 2.45) is 5.92 Å². The zero-order valence-electron chi connectivity index (χ0n) is 14.4. The molecule has 7 heteroatoms. The molecule has 1 aromatic carbocycles. The highest BCUT2D eigenvalue weighted by Gasteiger charge is 2.22. The molecule has 0 aromatic heterocycles. The molecule has 1 N–H and O–H groups in total. The summed E-state index contributed by atoms with van der Waals surface area (Å²) >= 11 is 0. The Bertz CT molecular complexity index is 534.